The molecule has 0 amide bonds. The molecule has 1 aliphatic heterocycles. The molecule has 1 aliphatic rings. The minimum absolute atomic E-state index is 0.931. The number of benzene rings is 1. The van der Waals surface area contributed by atoms with Crippen LogP contribution in [-0.4, -0.2) is 23.6 Å². The SMILES string of the molecule is C/C(=C\c1ccc2c(c1)CCN2C)c1cnccn1. The Morgan fingerprint density at radius 1 is 1.32 bits per heavy atom. The number of aromatic nitrogens is 2. The number of fused-ring (bicyclic) bond motifs is 1. The van der Waals surface area contributed by atoms with E-state index in [0.717, 1.165) is 24.2 Å². The summed E-state index contributed by atoms with van der Waals surface area (Å²) in [6, 6.07) is 6.65. The summed E-state index contributed by atoms with van der Waals surface area (Å²) in [6.07, 6.45) is 8.53. The maximum Gasteiger partial charge on any atom is 0.0842 e. The van der Waals surface area contributed by atoms with Crippen LogP contribution in [0.25, 0.3) is 11.6 Å². The number of allylic oxidation sites excluding steroid dienone is 1. The molecule has 0 N–H and O–H groups in total. The van der Waals surface area contributed by atoms with Gasteiger partial charge in [-0.15, -0.1) is 0 Å². The van der Waals surface area contributed by atoms with Crippen LogP contribution in [0.3, 0.4) is 0 Å². The summed E-state index contributed by atoms with van der Waals surface area (Å²) in [5.74, 6) is 0. The first kappa shape index (κ1) is 11.9. The average Bonchev–Trinajstić information content (AvgIpc) is 2.81. The van der Waals surface area contributed by atoms with Gasteiger partial charge in [0.1, 0.15) is 0 Å². The zero-order valence-corrected chi connectivity index (χ0v) is 11.3. The first-order chi connectivity index (χ1) is 9.24. The van der Waals surface area contributed by atoms with Crippen LogP contribution < -0.4 is 4.90 Å². The molecule has 0 bridgehead atoms. The standard InChI is InChI=1S/C16H17N3/c1-12(15-11-17-6-7-18-15)9-13-3-4-16-14(10-13)5-8-19(16)2/h3-4,6-7,9-11H,5,8H2,1-2H3/b12-9+. The number of likely N-dealkylation sites (N-methyl/N-ethyl adjacent to an activating group) is 1. The summed E-state index contributed by atoms with van der Waals surface area (Å²) in [5, 5.41) is 0. The second-order valence-corrected chi connectivity index (χ2v) is 4.98. The summed E-state index contributed by atoms with van der Waals surface area (Å²) in [6.45, 7) is 3.19. The second-order valence-electron chi connectivity index (χ2n) is 4.98. The van der Waals surface area contributed by atoms with E-state index in [1.54, 1.807) is 18.6 Å². The van der Waals surface area contributed by atoms with Crippen molar-refractivity contribution in [2.75, 3.05) is 18.5 Å². The quantitative estimate of drug-likeness (QED) is 0.821. The number of hydrogen-bond donors (Lipinski definition) is 0. The summed E-state index contributed by atoms with van der Waals surface area (Å²) < 4.78 is 0. The zero-order valence-electron chi connectivity index (χ0n) is 11.3. The van der Waals surface area contributed by atoms with Crippen LogP contribution in [0.5, 0.6) is 0 Å². The van der Waals surface area contributed by atoms with Crippen LogP contribution in [0.4, 0.5) is 5.69 Å². The largest absolute Gasteiger partial charge is 0.374 e. The highest BCUT2D eigenvalue weighted by Crippen LogP contribution is 2.28. The summed E-state index contributed by atoms with van der Waals surface area (Å²) >= 11 is 0. The smallest absolute Gasteiger partial charge is 0.0842 e. The molecule has 0 saturated carbocycles. The average molecular weight is 251 g/mol. The Labute approximate surface area is 113 Å². The molecule has 0 atom stereocenters. The molecule has 3 nitrogen and oxygen atoms in total. The van der Waals surface area contributed by atoms with Gasteiger partial charge in [0.2, 0.25) is 0 Å². The Morgan fingerprint density at radius 2 is 2.21 bits per heavy atom. The molecule has 0 radical (unpaired) electrons. The van der Waals surface area contributed by atoms with Crippen molar-refractivity contribution in [1.82, 2.24) is 9.97 Å². The lowest BCUT2D eigenvalue weighted by Gasteiger charge is -2.11. The van der Waals surface area contributed by atoms with Gasteiger partial charge in [0.15, 0.2) is 0 Å². The van der Waals surface area contributed by atoms with Crippen molar-refractivity contribution >= 4 is 17.3 Å². The van der Waals surface area contributed by atoms with E-state index < -0.39 is 0 Å². The van der Waals surface area contributed by atoms with Gasteiger partial charge < -0.3 is 4.90 Å². The Kier molecular flexibility index (Phi) is 3.03. The van der Waals surface area contributed by atoms with E-state index in [2.05, 4.69) is 53.1 Å². The molecule has 1 aromatic heterocycles. The summed E-state index contributed by atoms with van der Waals surface area (Å²) in [5.41, 5.74) is 6.09. The fourth-order valence-electron chi connectivity index (χ4n) is 2.50. The van der Waals surface area contributed by atoms with E-state index in [0.29, 0.717) is 0 Å². The predicted molar refractivity (Wildman–Crippen MR) is 79.0 cm³/mol. The lowest BCUT2D eigenvalue weighted by Crippen LogP contribution is -2.12. The van der Waals surface area contributed by atoms with Crippen molar-refractivity contribution in [3.63, 3.8) is 0 Å². The second kappa shape index (κ2) is 4.84. The Hall–Kier alpha value is -2.16. The molecular weight excluding hydrogens is 234 g/mol. The first-order valence-electron chi connectivity index (χ1n) is 6.53. The molecule has 96 valence electrons. The van der Waals surface area contributed by atoms with Crippen LogP contribution in [0, 0.1) is 0 Å². The van der Waals surface area contributed by atoms with Gasteiger partial charge in [-0.1, -0.05) is 6.07 Å². The molecule has 2 heterocycles. The van der Waals surface area contributed by atoms with Crippen LogP contribution in [0.1, 0.15) is 23.7 Å². The summed E-state index contributed by atoms with van der Waals surface area (Å²) in [4.78, 5) is 10.7. The molecule has 2 aromatic rings. The number of rotatable bonds is 2. The lowest BCUT2D eigenvalue weighted by atomic mass is 10.1. The highest BCUT2D eigenvalue weighted by Gasteiger charge is 2.14. The molecule has 0 saturated heterocycles. The third kappa shape index (κ3) is 2.36. The maximum atomic E-state index is 4.32. The van der Waals surface area contributed by atoms with E-state index >= 15 is 0 Å². The maximum absolute atomic E-state index is 4.32. The number of hydrogen-bond acceptors (Lipinski definition) is 3. The van der Waals surface area contributed by atoms with Crippen molar-refractivity contribution in [3.8, 4) is 0 Å². The Bertz CT molecular complexity index is 617. The minimum atomic E-state index is 0.931. The van der Waals surface area contributed by atoms with Gasteiger partial charge in [-0.05, 0) is 48.3 Å². The molecular formula is C16H17N3. The van der Waals surface area contributed by atoms with Gasteiger partial charge in [-0.3, -0.25) is 9.97 Å². The molecule has 0 spiro atoms. The minimum Gasteiger partial charge on any atom is -0.374 e. The molecule has 0 aliphatic carbocycles. The fourth-order valence-corrected chi connectivity index (χ4v) is 2.50. The molecule has 0 fully saturated rings. The number of nitrogens with zero attached hydrogens (tertiary/aromatic N) is 3. The van der Waals surface area contributed by atoms with Gasteiger partial charge in [0.05, 0.1) is 11.9 Å². The highest BCUT2D eigenvalue weighted by atomic mass is 15.1. The van der Waals surface area contributed by atoms with Crippen molar-refractivity contribution in [2.45, 2.75) is 13.3 Å². The third-order valence-electron chi connectivity index (χ3n) is 3.58. The Morgan fingerprint density at radius 3 is 3.00 bits per heavy atom. The molecule has 19 heavy (non-hydrogen) atoms. The fraction of sp³-hybridized carbons (Fsp3) is 0.250. The van der Waals surface area contributed by atoms with E-state index in [4.69, 9.17) is 0 Å². The summed E-state index contributed by atoms with van der Waals surface area (Å²) in [7, 11) is 2.14. The van der Waals surface area contributed by atoms with E-state index in [-0.39, 0.29) is 0 Å². The van der Waals surface area contributed by atoms with E-state index in [1.807, 2.05) is 0 Å². The van der Waals surface area contributed by atoms with Gasteiger partial charge in [0, 0.05) is 31.7 Å². The topological polar surface area (TPSA) is 29.0 Å². The molecule has 3 rings (SSSR count). The van der Waals surface area contributed by atoms with Crippen molar-refractivity contribution in [1.29, 1.82) is 0 Å². The normalized spacial score (nSPS) is 14.6. The van der Waals surface area contributed by atoms with Crippen LogP contribution in [0.2, 0.25) is 0 Å². The van der Waals surface area contributed by atoms with Gasteiger partial charge in [-0.2, -0.15) is 0 Å². The third-order valence-corrected chi connectivity index (χ3v) is 3.58. The first-order valence-corrected chi connectivity index (χ1v) is 6.53. The van der Waals surface area contributed by atoms with Crippen LogP contribution in [0.15, 0.2) is 36.8 Å². The number of anilines is 1. The monoisotopic (exact) mass is 251 g/mol. The molecule has 0 unspecified atom stereocenters. The highest BCUT2D eigenvalue weighted by molar-refractivity contribution is 5.79. The molecule has 1 aromatic carbocycles. The zero-order chi connectivity index (χ0) is 13.2. The predicted octanol–water partition coefficient (Wildman–Crippen LogP) is 3.03. The lowest BCUT2D eigenvalue weighted by molar-refractivity contribution is 0.956. The van der Waals surface area contributed by atoms with E-state index in [1.165, 1.54) is 16.8 Å². The molecule has 3 heteroatoms. The van der Waals surface area contributed by atoms with Crippen LogP contribution in [-0.2, 0) is 6.42 Å². The van der Waals surface area contributed by atoms with Gasteiger partial charge in [0.25, 0.3) is 0 Å². The van der Waals surface area contributed by atoms with E-state index in [9.17, 15) is 0 Å². The van der Waals surface area contributed by atoms with Crippen LogP contribution >= 0.6 is 0 Å². The van der Waals surface area contributed by atoms with Gasteiger partial charge >= 0.3 is 0 Å². The van der Waals surface area contributed by atoms with Crippen molar-refractivity contribution in [2.24, 2.45) is 0 Å². The van der Waals surface area contributed by atoms with Crippen molar-refractivity contribution in [3.05, 3.63) is 53.6 Å². The Balaban J connectivity index is 1.92. The van der Waals surface area contributed by atoms with Gasteiger partial charge in [-0.25, -0.2) is 0 Å². The van der Waals surface area contributed by atoms with Crippen molar-refractivity contribution < 1.29 is 0 Å².